The molecule has 2 aromatic carbocycles. The Morgan fingerprint density at radius 3 is 2.69 bits per heavy atom. The highest BCUT2D eigenvalue weighted by molar-refractivity contribution is 7.99. The number of thioether (sulfide) groups is 1. The molecule has 1 aliphatic carbocycles. The van der Waals surface area contributed by atoms with E-state index >= 15 is 0 Å². The minimum absolute atomic E-state index is 0.0380. The van der Waals surface area contributed by atoms with Gasteiger partial charge in [0.1, 0.15) is 0 Å². The fraction of sp³-hybridized carbons (Fsp3) is 0.333. The van der Waals surface area contributed by atoms with Crippen LogP contribution in [-0.4, -0.2) is 15.3 Å². The molecule has 134 valence electrons. The van der Waals surface area contributed by atoms with Crippen molar-refractivity contribution in [3.05, 3.63) is 63.9 Å². The van der Waals surface area contributed by atoms with Crippen LogP contribution in [0.5, 0.6) is 0 Å². The monoisotopic (exact) mass is 384 g/mol. The van der Waals surface area contributed by atoms with Gasteiger partial charge in [0.2, 0.25) is 0 Å². The predicted molar refractivity (Wildman–Crippen MR) is 110 cm³/mol. The second-order valence-electron chi connectivity index (χ2n) is 6.85. The number of hydrogen-bond donors (Lipinski definition) is 0. The van der Waals surface area contributed by atoms with Gasteiger partial charge in [0.25, 0.3) is 5.56 Å². The Morgan fingerprint density at radius 1 is 1.08 bits per heavy atom. The molecule has 0 N–H and O–H groups in total. The Balaban J connectivity index is 1.78. The minimum Gasteiger partial charge on any atom is -0.268 e. The second kappa shape index (κ2) is 7.85. The standard InChI is InChI=1S/C21H21ClN2OS/c22-16-9-6-10-17(13-16)24-20(25)18-11-4-5-12-19(18)23-21(24)26-14-15-7-2-1-3-8-15/h4-6,9-13,15H,1-3,7-8,14H2. The van der Waals surface area contributed by atoms with Crippen LogP contribution in [0.15, 0.2) is 58.5 Å². The molecule has 0 saturated heterocycles. The Hall–Kier alpha value is -1.78. The Bertz CT molecular complexity index is 979. The third-order valence-corrected chi connectivity index (χ3v) is 6.39. The van der Waals surface area contributed by atoms with Crippen LogP contribution in [0.25, 0.3) is 16.6 Å². The summed E-state index contributed by atoms with van der Waals surface area (Å²) in [7, 11) is 0. The smallest absolute Gasteiger partial charge is 0.266 e. The van der Waals surface area contributed by atoms with E-state index in [-0.39, 0.29) is 5.56 Å². The van der Waals surface area contributed by atoms with Crippen molar-refractivity contribution in [2.75, 3.05) is 5.75 Å². The van der Waals surface area contributed by atoms with Crippen molar-refractivity contribution in [1.82, 2.24) is 9.55 Å². The lowest BCUT2D eigenvalue weighted by Crippen LogP contribution is -2.22. The SMILES string of the molecule is O=c1c2ccccc2nc(SCC2CCCCC2)n1-c1cccc(Cl)c1. The third-order valence-electron chi connectivity index (χ3n) is 4.98. The third kappa shape index (κ3) is 3.67. The first-order valence-electron chi connectivity index (χ1n) is 9.13. The van der Waals surface area contributed by atoms with Crippen molar-refractivity contribution in [2.24, 2.45) is 5.92 Å². The highest BCUT2D eigenvalue weighted by Crippen LogP contribution is 2.30. The molecule has 1 heterocycles. The van der Waals surface area contributed by atoms with Crippen LogP contribution in [0.3, 0.4) is 0 Å². The molecule has 0 unspecified atom stereocenters. The Morgan fingerprint density at radius 2 is 1.88 bits per heavy atom. The molecular weight excluding hydrogens is 364 g/mol. The van der Waals surface area contributed by atoms with E-state index in [4.69, 9.17) is 16.6 Å². The number of para-hydroxylation sites is 1. The van der Waals surface area contributed by atoms with Crippen molar-refractivity contribution >= 4 is 34.3 Å². The molecule has 1 aromatic heterocycles. The van der Waals surface area contributed by atoms with Crippen LogP contribution in [0.2, 0.25) is 5.02 Å². The van der Waals surface area contributed by atoms with E-state index in [0.717, 1.165) is 22.1 Å². The molecule has 3 nitrogen and oxygen atoms in total. The molecule has 4 rings (SSSR count). The lowest BCUT2D eigenvalue weighted by atomic mass is 9.91. The van der Waals surface area contributed by atoms with Gasteiger partial charge in [-0.25, -0.2) is 4.98 Å². The fourth-order valence-corrected chi connectivity index (χ4v) is 4.98. The molecule has 1 saturated carbocycles. The van der Waals surface area contributed by atoms with Crippen molar-refractivity contribution in [1.29, 1.82) is 0 Å². The van der Waals surface area contributed by atoms with E-state index in [1.54, 1.807) is 16.3 Å². The van der Waals surface area contributed by atoms with Gasteiger partial charge in [-0.1, -0.05) is 60.8 Å². The molecule has 0 atom stereocenters. The van der Waals surface area contributed by atoms with Crippen molar-refractivity contribution in [3.63, 3.8) is 0 Å². The number of aromatic nitrogens is 2. The molecule has 3 aromatic rings. The summed E-state index contributed by atoms with van der Waals surface area (Å²) in [4.78, 5) is 18.0. The van der Waals surface area contributed by atoms with E-state index in [1.165, 1.54) is 32.1 Å². The summed E-state index contributed by atoms with van der Waals surface area (Å²) >= 11 is 7.87. The maximum absolute atomic E-state index is 13.2. The van der Waals surface area contributed by atoms with Crippen LogP contribution >= 0.6 is 23.4 Å². The van der Waals surface area contributed by atoms with Gasteiger partial charge >= 0.3 is 0 Å². The Labute approximate surface area is 162 Å². The van der Waals surface area contributed by atoms with Crippen molar-refractivity contribution < 1.29 is 0 Å². The summed E-state index contributed by atoms with van der Waals surface area (Å²) in [6.07, 6.45) is 6.54. The summed E-state index contributed by atoms with van der Waals surface area (Å²) in [6, 6.07) is 15.0. The maximum atomic E-state index is 13.2. The average Bonchev–Trinajstić information content (AvgIpc) is 2.67. The van der Waals surface area contributed by atoms with Crippen LogP contribution in [0.4, 0.5) is 0 Å². The first kappa shape index (κ1) is 17.6. The average molecular weight is 385 g/mol. The first-order valence-corrected chi connectivity index (χ1v) is 10.5. The highest BCUT2D eigenvalue weighted by Gasteiger charge is 2.17. The zero-order valence-corrected chi connectivity index (χ0v) is 16.1. The molecule has 26 heavy (non-hydrogen) atoms. The summed E-state index contributed by atoms with van der Waals surface area (Å²) in [5.74, 6) is 1.72. The molecule has 1 aliphatic rings. The maximum Gasteiger partial charge on any atom is 0.266 e. The predicted octanol–water partition coefficient (Wildman–Crippen LogP) is 5.71. The number of halogens is 1. The van der Waals surface area contributed by atoms with E-state index in [9.17, 15) is 4.79 Å². The number of benzene rings is 2. The highest BCUT2D eigenvalue weighted by atomic mass is 35.5. The molecule has 1 fully saturated rings. The van der Waals surface area contributed by atoms with Gasteiger partial charge in [0, 0.05) is 10.8 Å². The molecule has 0 amide bonds. The lowest BCUT2D eigenvalue weighted by Gasteiger charge is -2.21. The number of rotatable bonds is 4. The van der Waals surface area contributed by atoms with Gasteiger partial charge in [-0.15, -0.1) is 0 Å². The molecule has 0 bridgehead atoms. The van der Waals surface area contributed by atoms with Crippen LogP contribution in [0, 0.1) is 5.92 Å². The lowest BCUT2D eigenvalue weighted by molar-refractivity contribution is 0.390. The largest absolute Gasteiger partial charge is 0.268 e. The van der Waals surface area contributed by atoms with Gasteiger partial charge in [0.05, 0.1) is 16.6 Å². The zero-order valence-electron chi connectivity index (χ0n) is 14.5. The normalized spacial score (nSPS) is 15.4. The van der Waals surface area contributed by atoms with E-state index in [0.29, 0.717) is 16.3 Å². The summed E-state index contributed by atoms with van der Waals surface area (Å²) < 4.78 is 1.71. The van der Waals surface area contributed by atoms with E-state index in [2.05, 4.69) is 0 Å². The molecule has 0 spiro atoms. The van der Waals surface area contributed by atoms with Gasteiger partial charge < -0.3 is 0 Å². The van der Waals surface area contributed by atoms with Crippen LogP contribution in [-0.2, 0) is 0 Å². The van der Waals surface area contributed by atoms with Crippen LogP contribution < -0.4 is 5.56 Å². The molecule has 0 aliphatic heterocycles. The second-order valence-corrected chi connectivity index (χ2v) is 8.27. The molecular formula is C21H21ClN2OS. The number of nitrogens with zero attached hydrogens (tertiary/aromatic N) is 2. The first-order chi connectivity index (χ1) is 12.7. The zero-order chi connectivity index (χ0) is 17.9. The van der Waals surface area contributed by atoms with E-state index in [1.807, 2.05) is 48.5 Å². The summed E-state index contributed by atoms with van der Waals surface area (Å²) in [5.41, 5.74) is 1.48. The molecule has 0 radical (unpaired) electrons. The van der Waals surface area contributed by atoms with Gasteiger partial charge in [-0.2, -0.15) is 0 Å². The topological polar surface area (TPSA) is 34.9 Å². The summed E-state index contributed by atoms with van der Waals surface area (Å²) in [6.45, 7) is 0. The van der Waals surface area contributed by atoms with Gasteiger partial charge in [-0.3, -0.25) is 9.36 Å². The molecule has 5 heteroatoms. The Kier molecular flexibility index (Phi) is 5.32. The van der Waals surface area contributed by atoms with E-state index < -0.39 is 0 Å². The minimum atomic E-state index is -0.0380. The van der Waals surface area contributed by atoms with Gasteiger partial charge in [0.15, 0.2) is 5.16 Å². The number of hydrogen-bond acceptors (Lipinski definition) is 3. The quantitative estimate of drug-likeness (QED) is 0.426. The van der Waals surface area contributed by atoms with Crippen LogP contribution in [0.1, 0.15) is 32.1 Å². The fourth-order valence-electron chi connectivity index (χ4n) is 3.60. The van der Waals surface area contributed by atoms with Crippen molar-refractivity contribution in [3.8, 4) is 5.69 Å². The van der Waals surface area contributed by atoms with Crippen molar-refractivity contribution in [2.45, 2.75) is 37.3 Å². The van der Waals surface area contributed by atoms with Gasteiger partial charge in [-0.05, 0) is 49.1 Å². The summed E-state index contributed by atoms with van der Waals surface area (Å²) in [5, 5.41) is 2.00. The number of fused-ring (bicyclic) bond motifs is 1.